The lowest BCUT2D eigenvalue weighted by atomic mass is 10.2. The first-order valence-corrected chi connectivity index (χ1v) is 8.85. The van der Waals surface area contributed by atoms with Gasteiger partial charge in [0.25, 0.3) is 5.91 Å². The first-order valence-electron chi connectivity index (χ1n) is 8.85. The van der Waals surface area contributed by atoms with E-state index in [0.29, 0.717) is 5.56 Å². The van der Waals surface area contributed by atoms with Crippen molar-refractivity contribution >= 4 is 18.0 Å². The van der Waals surface area contributed by atoms with Gasteiger partial charge in [0, 0.05) is 17.6 Å². The van der Waals surface area contributed by atoms with Crippen molar-refractivity contribution in [3.63, 3.8) is 0 Å². The third kappa shape index (κ3) is 3.32. The van der Waals surface area contributed by atoms with Gasteiger partial charge in [-0.2, -0.15) is 0 Å². The van der Waals surface area contributed by atoms with Crippen LogP contribution in [0.4, 0.5) is 9.18 Å². The highest BCUT2D eigenvalue weighted by atomic mass is 19.1. The van der Waals surface area contributed by atoms with Gasteiger partial charge in [-0.25, -0.2) is 9.18 Å². The number of urea groups is 1. The van der Waals surface area contributed by atoms with Crippen LogP contribution >= 0.6 is 0 Å². The molecule has 1 aliphatic rings. The van der Waals surface area contributed by atoms with Crippen LogP contribution in [0.1, 0.15) is 16.8 Å². The highest BCUT2D eigenvalue weighted by molar-refractivity contribution is 6.13. The van der Waals surface area contributed by atoms with Gasteiger partial charge in [-0.15, -0.1) is 0 Å². The van der Waals surface area contributed by atoms with Crippen LogP contribution in [0.5, 0.6) is 0 Å². The minimum atomic E-state index is -0.491. The Bertz CT molecular complexity index is 1080. The summed E-state index contributed by atoms with van der Waals surface area (Å²) in [6.45, 7) is 2.10. The Morgan fingerprint density at radius 2 is 1.75 bits per heavy atom. The molecule has 1 fully saturated rings. The van der Waals surface area contributed by atoms with E-state index in [1.54, 1.807) is 18.2 Å². The van der Waals surface area contributed by atoms with Crippen molar-refractivity contribution in [2.24, 2.45) is 0 Å². The number of imide groups is 1. The summed E-state index contributed by atoms with van der Waals surface area (Å²) in [5.74, 6) is -0.773. The van der Waals surface area contributed by atoms with Crippen molar-refractivity contribution in [1.82, 2.24) is 14.8 Å². The molecule has 0 bridgehead atoms. The Morgan fingerprint density at radius 3 is 2.50 bits per heavy atom. The van der Waals surface area contributed by atoms with E-state index in [1.807, 2.05) is 54.1 Å². The molecule has 0 radical (unpaired) electrons. The van der Waals surface area contributed by atoms with E-state index in [4.69, 9.17) is 0 Å². The van der Waals surface area contributed by atoms with Gasteiger partial charge < -0.3 is 9.88 Å². The van der Waals surface area contributed by atoms with Gasteiger partial charge in [0.2, 0.25) is 0 Å². The highest BCUT2D eigenvalue weighted by Crippen LogP contribution is 2.21. The number of aryl methyl sites for hydroxylation is 1. The molecule has 3 aromatic rings. The molecule has 1 aromatic heterocycles. The van der Waals surface area contributed by atoms with Gasteiger partial charge in [-0.1, -0.05) is 30.3 Å². The van der Waals surface area contributed by atoms with Crippen molar-refractivity contribution in [1.29, 1.82) is 0 Å². The van der Waals surface area contributed by atoms with E-state index in [0.717, 1.165) is 21.8 Å². The summed E-state index contributed by atoms with van der Waals surface area (Å²) in [6, 6.07) is 16.9. The van der Waals surface area contributed by atoms with Crippen LogP contribution in [0.2, 0.25) is 0 Å². The third-order valence-corrected chi connectivity index (χ3v) is 4.66. The summed E-state index contributed by atoms with van der Waals surface area (Å²) in [4.78, 5) is 26.1. The summed E-state index contributed by atoms with van der Waals surface area (Å²) in [5.41, 5.74) is 3.76. The van der Waals surface area contributed by atoms with Gasteiger partial charge in [0.1, 0.15) is 11.5 Å². The van der Waals surface area contributed by atoms with Gasteiger partial charge in [-0.3, -0.25) is 9.69 Å². The van der Waals surface area contributed by atoms with Gasteiger partial charge in [0.05, 0.1) is 6.54 Å². The Morgan fingerprint density at radius 1 is 1.00 bits per heavy atom. The number of halogens is 1. The van der Waals surface area contributed by atoms with Crippen molar-refractivity contribution in [3.05, 3.63) is 95.2 Å². The standard InChI is InChI=1S/C22H18FN3O2/c1-15-5-2-3-7-20(15)25-12-4-6-18(25)13-19-21(27)26(22(28)24-19)14-16-8-10-17(23)11-9-16/h2-13H,14H2,1H3,(H,24,28). The monoisotopic (exact) mass is 375 g/mol. The molecule has 5 nitrogen and oxygen atoms in total. The van der Waals surface area contributed by atoms with Crippen LogP contribution in [0.25, 0.3) is 11.8 Å². The summed E-state index contributed by atoms with van der Waals surface area (Å²) < 4.78 is 15.0. The first kappa shape index (κ1) is 17.7. The molecule has 1 saturated heterocycles. The highest BCUT2D eigenvalue weighted by Gasteiger charge is 2.33. The zero-order valence-electron chi connectivity index (χ0n) is 15.2. The summed E-state index contributed by atoms with van der Waals surface area (Å²) in [6.07, 6.45) is 3.57. The number of rotatable bonds is 4. The van der Waals surface area contributed by atoms with E-state index in [2.05, 4.69) is 5.32 Å². The zero-order chi connectivity index (χ0) is 19.7. The molecule has 1 N–H and O–H groups in total. The SMILES string of the molecule is Cc1ccccc1-n1cccc1C=C1NC(=O)N(Cc2ccc(F)cc2)C1=O. The number of hydrogen-bond donors (Lipinski definition) is 1. The number of benzene rings is 2. The van der Waals surface area contributed by atoms with E-state index in [9.17, 15) is 14.0 Å². The van der Waals surface area contributed by atoms with E-state index < -0.39 is 11.9 Å². The molecule has 0 spiro atoms. The Labute approximate surface area is 161 Å². The Kier molecular flexibility index (Phi) is 4.53. The van der Waals surface area contributed by atoms with Gasteiger partial charge in [0.15, 0.2) is 0 Å². The average Bonchev–Trinajstić information content (AvgIpc) is 3.24. The van der Waals surface area contributed by atoms with Crippen LogP contribution in [0.3, 0.4) is 0 Å². The predicted octanol–water partition coefficient (Wildman–Crippen LogP) is 4.02. The molecule has 3 amide bonds. The van der Waals surface area contributed by atoms with Crippen LogP contribution in [0.15, 0.2) is 72.6 Å². The summed E-state index contributed by atoms with van der Waals surface area (Å²) >= 11 is 0. The summed E-state index contributed by atoms with van der Waals surface area (Å²) in [7, 11) is 0. The second-order valence-corrected chi connectivity index (χ2v) is 6.60. The molecule has 2 heterocycles. The second kappa shape index (κ2) is 7.15. The lowest BCUT2D eigenvalue weighted by Crippen LogP contribution is -2.30. The molecule has 6 heteroatoms. The minimum Gasteiger partial charge on any atom is -0.317 e. The number of hydrogen-bond acceptors (Lipinski definition) is 2. The van der Waals surface area contributed by atoms with Crippen LogP contribution in [0, 0.1) is 12.7 Å². The number of para-hydroxylation sites is 1. The van der Waals surface area contributed by atoms with E-state index >= 15 is 0 Å². The van der Waals surface area contributed by atoms with Crippen molar-refractivity contribution in [2.75, 3.05) is 0 Å². The number of nitrogens with one attached hydrogen (secondary N) is 1. The Balaban J connectivity index is 1.61. The molecule has 0 saturated carbocycles. The first-order chi connectivity index (χ1) is 13.5. The fourth-order valence-corrected chi connectivity index (χ4v) is 3.20. The maximum Gasteiger partial charge on any atom is 0.329 e. The molecule has 0 atom stereocenters. The second-order valence-electron chi connectivity index (χ2n) is 6.60. The number of amides is 3. The van der Waals surface area contributed by atoms with Gasteiger partial charge in [-0.05, 0) is 54.5 Å². The molecule has 2 aromatic carbocycles. The van der Waals surface area contributed by atoms with E-state index in [1.165, 1.54) is 12.1 Å². The molecule has 1 aliphatic heterocycles. The molecule has 28 heavy (non-hydrogen) atoms. The number of carbonyl (C=O) groups is 2. The molecular weight excluding hydrogens is 357 g/mol. The van der Waals surface area contributed by atoms with Crippen LogP contribution in [-0.2, 0) is 11.3 Å². The van der Waals surface area contributed by atoms with E-state index in [-0.39, 0.29) is 18.1 Å². The molecule has 4 rings (SSSR count). The minimum absolute atomic E-state index is 0.0844. The topological polar surface area (TPSA) is 54.3 Å². The summed E-state index contributed by atoms with van der Waals surface area (Å²) in [5, 5.41) is 2.63. The van der Waals surface area contributed by atoms with Crippen molar-refractivity contribution in [3.8, 4) is 5.69 Å². The third-order valence-electron chi connectivity index (χ3n) is 4.66. The van der Waals surface area contributed by atoms with Crippen LogP contribution < -0.4 is 5.32 Å². The quantitative estimate of drug-likeness (QED) is 0.553. The van der Waals surface area contributed by atoms with Crippen molar-refractivity contribution < 1.29 is 14.0 Å². The maximum atomic E-state index is 13.1. The molecule has 0 aliphatic carbocycles. The lowest BCUT2D eigenvalue weighted by Gasteiger charge is -2.12. The number of carbonyl (C=O) groups excluding carboxylic acids is 2. The predicted molar refractivity (Wildman–Crippen MR) is 104 cm³/mol. The molecular formula is C22H18FN3O2. The van der Waals surface area contributed by atoms with Crippen LogP contribution in [-0.4, -0.2) is 21.4 Å². The maximum absolute atomic E-state index is 13.1. The smallest absolute Gasteiger partial charge is 0.317 e. The fourth-order valence-electron chi connectivity index (χ4n) is 3.20. The Hall–Kier alpha value is -3.67. The normalized spacial score (nSPS) is 15.4. The largest absolute Gasteiger partial charge is 0.329 e. The van der Waals surface area contributed by atoms with Gasteiger partial charge >= 0.3 is 6.03 Å². The lowest BCUT2D eigenvalue weighted by molar-refractivity contribution is -0.123. The fraction of sp³-hybridized carbons (Fsp3) is 0.0909. The van der Waals surface area contributed by atoms with Crippen molar-refractivity contribution in [2.45, 2.75) is 13.5 Å². The number of aromatic nitrogens is 1. The molecule has 0 unspecified atom stereocenters. The average molecular weight is 375 g/mol. The zero-order valence-corrected chi connectivity index (χ0v) is 15.2. The molecule has 140 valence electrons. The number of nitrogens with zero attached hydrogens (tertiary/aromatic N) is 2.